The number of fused-ring (bicyclic) bond motifs is 1. The third-order valence-corrected chi connectivity index (χ3v) is 5.75. The minimum Gasteiger partial charge on any atom is -0.446 e. The Morgan fingerprint density at radius 3 is 2.89 bits per heavy atom. The number of carbonyl (C=O) groups is 1. The average molecular weight is 432 g/mol. The first-order chi connectivity index (χ1) is 13.0. The Hall–Kier alpha value is -2.35. The molecule has 0 radical (unpaired) electrons. The summed E-state index contributed by atoms with van der Waals surface area (Å²) in [6.07, 6.45) is 3.29. The lowest BCUT2D eigenvalue weighted by molar-refractivity contribution is 0.0556. The van der Waals surface area contributed by atoms with Crippen molar-refractivity contribution in [2.75, 3.05) is 12.3 Å². The minimum absolute atomic E-state index is 0.000132. The van der Waals surface area contributed by atoms with Crippen molar-refractivity contribution in [2.24, 2.45) is 5.92 Å². The lowest BCUT2D eigenvalue weighted by Gasteiger charge is -2.38. The quantitative estimate of drug-likeness (QED) is 0.676. The summed E-state index contributed by atoms with van der Waals surface area (Å²) in [6, 6.07) is 7.21. The molecule has 0 aliphatic carbocycles. The Morgan fingerprint density at radius 2 is 2.19 bits per heavy atom. The topological polar surface area (TPSA) is 89.7 Å². The molecule has 1 fully saturated rings. The first-order valence-corrected chi connectivity index (χ1v) is 9.98. The molecule has 0 saturated carbocycles. The van der Waals surface area contributed by atoms with Crippen LogP contribution in [-0.2, 0) is 0 Å². The second-order valence-electron chi connectivity index (χ2n) is 7.14. The van der Waals surface area contributed by atoms with Crippen LogP contribution in [0.25, 0.3) is 17.2 Å². The van der Waals surface area contributed by atoms with Gasteiger partial charge in [0.15, 0.2) is 16.1 Å². The number of pyridine rings is 1. The highest BCUT2D eigenvalue weighted by molar-refractivity contribution is 9.10. The number of hydrogen-bond donors (Lipinski definition) is 1. The zero-order valence-corrected chi connectivity index (χ0v) is 16.9. The van der Waals surface area contributed by atoms with Gasteiger partial charge in [-0.2, -0.15) is 4.52 Å². The molecule has 2 atom stereocenters. The number of nitrogens with two attached hydrogens (primary N) is 1. The van der Waals surface area contributed by atoms with Gasteiger partial charge in [-0.15, -0.1) is 5.10 Å². The molecule has 0 aromatic carbocycles. The van der Waals surface area contributed by atoms with E-state index in [0.29, 0.717) is 39.2 Å². The second-order valence-corrected chi connectivity index (χ2v) is 7.92. The van der Waals surface area contributed by atoms with Crippen molar-refractivity contribution >= 4 is 33.3 Å². The zero-order chi connectivity index (χ0) is 19.1. The van der Waals surface area contributed by atoms with Crippen LogP contribution in [0.15, 0.2) is 33.4 Å². The molecule has 142 valence electrons. The molecular formula is C19H22BrN5O2. The summed E-state index contributed by atoms with van der Waals surface area (Å²) in [5.74, 6) is 1.89. The number of aromatic nitrogens is 3. The van der Waals surface area contributed by atoms with Crippen LogP contribution in [0.1, 0.15) is 43.5 Å². The van der Waals surface area contributed by atoms with Crippen molar-refractivity contribution in [1.82, 2.24) is 19.5 Å². The SMILES string of the molecule is CCC1CCC(C)N(C(=O)c2cc(N)n3nc(-c4ccc(Br)o4)nc3c2)C1. The number of carbonyl (C=O) groups excluding carboxylic acids is 1. The standard InChI is InChI=1S/C19H22BrN5O2/c1-3-12-5-4-11(2)24(10-12)19(26)13-8-16(21)25-17(9-13)22-18(23-25)14-6-7-15(20)27-14/h6-9,11-12H,3-5,10,21H2,1-2H3. The molecule has 8 heteroatoms. The molecule has 1 aliphatic rings. The van der Waals surface area contributed by atoms with E-state index in [0.717, 1.165) is 19.4 Å². The van der Waals surface area contributed by atoms with E-state index >= 15 is 0 Å². The molecule has 2 N–H and O–H groups in total. The predicted molar refractivity (Wildman–Crippen MR) is 106 cm³/mol. The molecule has 4 rings (SSSR count). The number of likely N-dealkylation sites (tertiary alicyclic amines) is 1. The molecule has 1 saturated heterocycles. The largest absolute Gasteiger partial charge is 0.446 e. The van der Waals surface area contributed by atoms with E-state index in [4.69, 9.17) is 10.2 Å². The van der Waals surface area contributed by atoms with Crippen LogP contribution in [0.5, 0.6) is 0 Å². The number of nitrogen functional groups attached to an aromatic ring is 1. The van der Waals surface area contributed by atoms with Crippen molar-refractivity contribution in [3.05, 3.63) is 34.5 Å². The van der Waals surface area contributed by atoms with Crippen molar-refractivity contribution in [3.8, 4) is 11.6 Å². The van der Waals surface area contributed by atoms with Crippen LogP contribution in [-0.4, -0.2) is 38.0 Å². The Bertz CT molecular complexity index is 995. The number of halogens is 1. The van der Waals surface area contributed by atoms with E-state index in [2.05, 4.69) is 39.9 Å². The number of hydrogen-bond acceptors (Lipinski definition) is 5. The highest BCUT2D eigenvalue weighted by Gasteiger charge is 2.29. The van der Waals surface area contributed by atoms with Crippen LogP contribution in [0, 0.1) is 5.92 Å². The summed E-state index contributed by atoms with van der Waals surface area (Å²) in [4.78, 5) is 19.6. The van der Waals surface area contributed by atoms with Gasteiger partial charge in [-0.1, -0.05) is 13.3 Å². The molecular weight excluding hydrogens is 410 g/mol. The van der Waals surface area contributed by atoms with Crippen molar-refractivity contribution in [3.63, 3.8) is 0 Å². The predicted octanol–water partition coefficient (Wildman–Crippen LogP) is 3.98. The smallest absolute Gasteiger partial charge is 0.254 e. The third kappa shape index (κ3) is 3.34. The fourth-order valence-corrected chi connectivity index (χ4v) is 3.94. The number of rotatable bonds is 3. The molecule has 2 unspecified atom stereocenters. The fraction of sp³-hybridized carbons (Fsp3) is 0.421. The summed E-state index contributed by atoms with van der Waals surface area (Å²) < 4.78 is 7.64. The number of nitrogens with zero attached hydrogens (tertiary/aromatic N) is 4. The summed E-state index contributed by atoms with van der Waals surface area (Å²) in [5.41, 5.74) is 7.23. The first kappa shape index (κ1) is 18.0. The summed E-state index contributed by atoms with van der Waals surface area (Å²) in [5, 5.41) is 4.39. The zero-order valence-electron chi connectivity index (χ0n) is 15.4. The molecule has 0 spiro atoms. The average Bonchev–Trinajstić information content (AvgIpc) is 3.28. The Kier molecular flexibility index (Phi) is 4.67. The van der Waals surface area contributed by atoms with E-state index in [1.165, 1.54) is 10.9 Å². The van der Waals surface area contributed by atoms with Gasteiger partial charge in [0.25, 0.3) is 5.91 Å². The van der Waals surface area contributed by atoms with E-state index in [-0.39, 0.29) is 11.9 Å². The minimum atomic E-state index is 0.000132. The Labute approximate surface area is 165 Å². The maximum Gasteiger partial charge on any atom is 0.254 e. The van der Waals surface area contributed by atoms with Gasteiger partial charge in [0.1, 0.15) is 5.82 Å². The number of piperidine rings is 1. The molecule has 0 bridgehead atoms. The van der Waals surface area contributed by atoms with Crippen LogP contribution in [0.2, 0.25) is 0 Å². The molecule has 4 heterocycles. The van der Waals surface area contributed by atoms with Crippen LogP contribution >= 0.6 is 15.9 Å². The molecule has 3 aromatic rings. The number of amides is 1. The van der Waals surface area contributed by atoms with Gasteiger partial charge in [-0.05, 0) is 65.9 Å². The Balaban J connectivity index is 1.69. The molecule has 1 amide bonds. The third-order valence-electron chi connectivity index (χ3n) is 5.32. The van der Waals surface area contributed by atoms with Crippen molar-refractivity contribution in [1.29, 1.82) is 0 Å². The van der Waals surface area contributed by atoms with Gasteiger partial charge in [-0.3, -0.25) is 4.79 Å². The maximum absolute atomic E-state index is 13.1. The van der Waals surface area contributed by atoms with Gasteiger partial charge < -0.3 is 15.1 Å². The normalized spacial score (nSPS) is 20.3. The molecule has 1 aliphatic heterocycles. The van der Waals surface area contributed by atoms with E-state index in [9.17, 15) is 4.79 Å². The highest BCUT2D eigenvalue weighted by Crippen LogP contribution is 2.27. The molecule has 7 nitrogen and oxygen atoms in total. The van der Waals surface area contributed by atoms with Gasteiger partial charge in [0.05, 0.1) is 0 Å². The second kappa shape index (κ2) is 6.99. The van der Waals surface area contributed by atoms with Crippen LogP contribution < -0.4 is 5.73 Å². The first-order valence-electron chi connectivity index (χ1n) is 9.19. The number of anilines is 1. The maximum atomic E-state index is 13.1. The highest BCUT2D eigenvalue weighted by atomic mass is 79.9. The summed E-state index contributed by atoms with van der Waals surface area (Å²) >= 11 is 3.27. The van der Waals surface area contributed by atoms with Crippen molar-refractivity contribution < 1.29 is 9.21 Å². The number of furan rings is 1. The lowest BCUT2D eigenvalue weighted by Crippen LogP contribution is -2.45. The van der Waals surface area contributed by atoms with Crippen molar-refractivity contribution in [2.45, 2.75) is 39.2 Å². The van der Waals surface area contributed by atoms with Crippen LogP contribution in [0.3, 0.4) is 0 Å². The van der Waals surface area contributed by atoms with Gasteiger partial charge >= 0.3 is 0 Å². The molecule has 3 aromatic heterocycles. The van der Waals surface area contributed by atoms with Gasteiger partial charge in [0, 0.05) is 18.2 Å². The molecule has 27 heavy (non-hydrogen) atoms. The summed E-state index contributed by atoms with van der Waals surface area (Å²) in [7, 11) is 0. The van der Waals surface area contributed by atoms with Crippen LogP contribution in [0.4, 0.5) is 5.82 Å². The lowest BCUT2D eigenvalue weighted by atomic mass is 9.91. The van der Waals surface area contributed by atoms with Gasteiger partial charge in [0.2, 0.25) is 5.82 Å². The van der Waals surface area contributed by atoms with Gasteiger partial charge in [-0.25, -0.2) is 4.98 Å². The van der Waals surface area contributed by atoms with E-state index < -0.39 is 0 Å². The monoisotopic (exact) mass is 431 g/mol. The Morgan fingerprint density at radius 1 is 1.37 bits per heavy atom. The van der Waals surface area contributed by atoms with E-state index in [1.54, 1.807) is 24.3 Å². The summed E-state index contributed by atoms with van der Waals surface area (Å²) in [6.45, 7) is 5.08. The van der Waals surface area contributed by atoms with E-state index in [1.807, 2.05) is 4.90 Å². The fourth-order valence-electron chi connectivity index (χ4n) is 3.64.